The number of Topliss-reactive ketones (excluding diaryl/α,β-unsaturated/α-hetero) is 2. The monoisotopic (exact) mass is 346 g/mol. The highest BCUT2D eigenvalue weighted by Gasteiger charge is 2.64. The zero-order valence-corrected chi connectivity index (χ0v) is 16.3. The predicted molar refractivity (Wildman–Crippen MR) is 96.8 cm³/mol. The smallest absolute Gasteiger partial charge is 0.137 e. The fourth-order valence-corrected chi connectivity index (χ4v) is 8.08. The van der Waals surface area contributed by atoms with E-state index in [4.69, 9.17) is 0 Å². The average molecular weight is 347 g/mol. The Morgan fingerprint density at radius 3 is 2.52 bits per heavy atom. The zero-order chi connectivity index (χ0) is 18.1. The molecule has 9 atom stereocenters. The zero-order valence-electron chi connectivity index (χ0n) is 16.3. The summed E-state index contributed by atoms with van der Waals surface area (Å²) in [5.41, 5.74) is -0.0542. The minimum atomic E-state index is -0.202. The van der Waals surface area contributed by atoms with E-state index in [1.54, 1.807) is 6.92 Å². The van der Waals surface area contributed by atoms with Crippen molar-refractivity contribution in [3.63, 3.8) is 0 Å². The molecule has 3 heteroatoms. The molecular formula is C22H34O3. The Hall–Kier alpha value is -0.700. The van der Waals surface area contributed by atoms with Crippen molar-refractivity contribution < 1.29 is 14.7 Å². The minimum Gasteiger partial charge on any atom is -0.393 e. The van der Waals surface area contributed by atoms with Crippen LogP contribution in [0.5, 0.6) is 0 Å². The van der Waals surface area contributed by atoms with Gasteiger partial charge in [0.2, 0.25) is 0 Å². The fraction of sp³-hybridized carbons (Fsp3) is 0.909. The summed E-state index contributed by atoms with van der Waals surface area (Å²) in [6.45, 7) is 8.44. The van der Waals surface area contributed by atoms with E-state index in [2.05, 4.69) is 20.8 Å². The molecule has 0 aromatic carbocycles. The normalized spacial score (nSPS) is 55.2. The lowest BCUT2D eigenvalue weighted by molar-refractivity contribution is -0.166. The summed E-state index contributed by atoms with van der Waals surface area (Å²) >= 11 is 0. The Balaban J connectivity index is 1.69. The van der Waals surface area contributed by atoms with Gasteiger partial charge in [-0.25, -0.2) is 0 Å². The first-order chi connectivity index (χ1) is 11.7. The minimum absolute atomic E-state index is 0.0499. The number of carbonyl (C=O) groups excluding carboxylic acids is 2. The van der Waals surface area contributed by atoms with Crippen LogP contribution >= 0.6 is 0 Å². The number of ketones is 2. The van der Waals surface area contributed by atoms with Crippen LogP contribution in [0.4, 0.5) is 0 Å². The van der Waals surface area contributed by atoms with Crippen LogP contribution < -0.4 is 0 Å². The molecule has 0 saturated heterocycles. The van der Waals surface area contributed by atoms with E-state index in [9.17, 15) is 14.7 Å². The number of aliphatic hydroxyl groups is 1. The number of carbonyl (C=O) groups is 2. The van der Waals surface area contributed by atoms with Gasteiger partial charge in [-0.1, -0.05) is 20.8 Å². The first-order valence-corrected chi connectivity index (χ1v) is 10.4. The molecule has 4 fully saturated rings. The molecule has 0 heterocycles. The van der Waals surface area contributed by atoms with E-state index in [0.29, 0.717) is 30.0 Å². The highest BCUT2D eigenvalue weighted by Crippen LogP contribution is 2.66. The number of hydrogen-bond acceptors (Lipinski definition) is 3. The van der Waals surface area contributed by atoms with Gasteiger partial charge < -0.3 is 5.11 Å². The van der Waals surface area contributed by atoms with Gasteiger partial charge in [-0.05, 0) is 80.0 Å². The topological polar surface area (TPSA) is 54.4 Å². The van der Waals surface area contributed by atoms with Crippen LogP contribution in [0.2, 0.25) is 0 Å². The molecule has 0 radical (unpaired) electrons. The number of aliphatic hydroxyl groups excluding tert-OH is 1. The van der Waals surface area contributed by atoms with Crippen LogP contribution in [-0.4, -0.2) is 22.8 Å². The summed E-state index contributed by atoms with van der Waals surface area (Å²) in [6.07, 6.45) is 6.59. The van der Waals surface area contributed by atoms with Gasteiger partial charge in [-0.3, -0.25) is 9.59 Å². The SMILES string of the molecule is CC(=O)[C@H]1CC[C@H]2[C@@H]3CC[C@H]4C[C@H](O)[C@H](C)C[C@]4(C)[C@H]3C(=O)C[C@]12C. The van der Waals surface area contributed by atoms with E-state index in [0.717, 1.165) is 38.5 Å². The molecule has 0 spiro atoms. The highest BCUT2D eigenvalue weighted by atomic mass is 16.3. The van der Waals surface area contributed by atoms with Crippen LogP contribution in [0.15, 0.2) is 0 Å². The lowest BCUT2D eigenvalue weighted by atomic mass is 9.43. The Morgan fingerprint density at radius 1 is 1.12 bits per heavy atom. The summed E-state index contributed by atoms with van der Waals surface area (Å²) in [7, 11) is 0. The third-order valence-electron chi connectivity index (χ3n) is 9.18. The second-order valence-electron chi connectivity index (χ2n) is 10.4. The Bertz CT molecular complexity index is 598. The molecule has 1 N–H and O–H groups in total. The van der Waals surface area contributed by atoms with Crippen molar-refractivity contribution in [2.24, 2.45) is 46.3 Å². The summed E-state index contributed by atoms with van der Waals surface area (Å²) in [5, 5.41) is 10.4. The van der Waals surface area contributed by atoms with Crippen molar-refractivity contribution in [3.8, 4) is 0 Å². The van der Waals surface area contributed by atoms with Gasteiger partial charge in [-0.2, -0.15) is 0 Å². The van der Waals surface area contributed by atoms with E-state index in [1.165, 1.54) is 0 Å². The quantitative estimate of drug-likeness (QED) is 0.780. The molecule has 0 amide bonds. The Kier molecular flexibility index (Phi) is 4.00. The molecule has 0 unspecified atom stereocenters. The van der Waals surface area contributed by atoms with Crippen molar-refractivity contribution in [1.82, 2.24) is 0 Å². The van der Waals surface area contributed by atoms with E-state index < -0.39 is 0 Å². The van der Waals surface area contributed by atoms with Crippen molar-refractivity contribution in [3.05, 3.63) is 0 Å². The van der Waals surface area contributed by atoms with Crippen LogP contribution in [-0.2, 0) is 9.59 Å². The lowest BCUT2D eigenvalue weighted by Crippen LogP contribution is -2.59. The van der Waals surface area contributed by atoms with Crippen LogP contribution in [0.1, 0.15) is 72.6 Å². The fourth-order valence-electron chi connectivity index (χ4n) is 8.08. The van der Waals surface area contributed by atoms with Crippen molar-refractivity contribution >= 4 is 11.6 Å². The molecule has 0 aromatic heterocycles. The third kappa shape index (κ3) is 2.33. The number of fused-ring (bicyclic) bond motifs is 5. The molecule has 25 heavy (non-hydrogen) atoms. The van der Waals surface area contributed by atoms with Gasteiger partial charge in [0, 0.05) is 18.3 Å². The van der Waals surface area contributed by atoms with Gasteiger partial charge in [-0.15, -0.1) is 0 Å². The van der Waals surface area contributed by atoms with Gasteiger partial charge in [0.15, 0.2) is 0 Å². The van der Waals surface area contributed by atoms with Crippen molar-refractivity contribution in [1.29, 1.82) is 0 Å². The number of hydrogen-bond donors (Lipinski definition) is 1. The second-order valence-corrected chi connectivity index (χ2v) is 10.4. The molecule has 140 valence electrons. The summed E-state index contributed by atoms with van der Waals surface area (Å²) in [6, 6.07) is 0. The molecule has 3 nitrogen and oxygen atoms in total. The molecule has 4 rings (SSSR count). The van der Waals surface area contributed by atoms with Crippen LogP contribution in [0.25, 0.3) is 0 Å². The van der Waals surface area contributed by atoms with Gasteiger partial charge in [0.1, 0.15) is 11.6 Å². The standard InChI is InChI=1S/C22H34O3/c1-12-10-21(3)14(9-18(12)24)5-6-15-17-8-7-16(13(2)23)22(17,4)11-19(25)20(15)21/h12,14-18,20,24H,5-11H2,1-4H3/t12-,14+,15+,16-,17+,18+,20-,21+,22-/m1/s1. The van der Waals surface area contributed by atoms with Gasteiger partial charge in [0.05, 0.1) is 6.10 Å². The Morgan fingerprint density at radius 2 is 1.84 bits per heavy atom. The predicted octanol–water partition coefficient (Wildman–Crippen LogP) is 4.02. The molecular weight excluding hydrogens is 312 g/mol. The maximum Gasteiger partial charge on any atom is 0.137 e. The van der Waals surface area contributed by atoms with Crippen LogP contribution in [0, 0.1) is 46.3 Å². The molecule has 0 aromatic rings. The lowest BCUT2D eigenvalue weighted by Gasteiger charge is -2.60. The summed E-state index contributed by atoms with van der Waals surface area (Å²) < 4.78 is 0. The first kappa shape index (κ1) is 17.7. The molecule has 4 aliphatic rings. The average Bonchev–Trinajstić information content (AvgIpc) is 2.85. The maximum atomic E-state index is 13.4. The summed E-state index contributed by atoms with van der Waals surface area (Å²) in [5.74, 6) is 2.71. The molecule has 0 bridgehead atoms. The second kappa shape index (κ2) is 5.65. The highest BCUT2D eigenvalue weighted by molar-refractivity contribution is 5.87. The first-order valence-electron chi connectivity index (χ1n) is 10.4. The van der Waals surface area contributed by atoms with E-state index >= 15 is 0 Å². The van der Waals surface area contributed by atoms with E-state index in [1.807, 2.05) is 0 Å². The van der Waals surface area contributed by atoms with Crippen molar-refractivity contribution in [2.45, 2.75) is 78.7 Å². The van der Waals surface area contributed by atoms with Crippen molar-refractivity contribution in [2.75, 3.05) is 0 Å². The Labute approximate surface area is 151 Å². The molecule has 0 aliphatic heterocycles. The van der Waals surface area contributed by atoms with Crippen LogP contribution in [0.3, 0.4) is 0 Å². The molecule has 4 aliphatic carbocycles. The molecule has 4 saturated carbocycles. The largest absolute Gasteiger partial charge is 0.393 e. The van der Waals surface area contributed by atoms with Gasteiger partial charge in [0.25, 0.3) is 0 Å². The summed E-state index contributed by atoms with van der Waals surface area (Å²) in [4.78, 5) is 25.6. The van der Waals surface area contributed by atoms with Gasteiger partial charge >= 0.3 is 0 Å². The maximum absolute atomic E-state index is 13.4. The van der Waals surface area contributed by atoms with E-state index in [-0.39, 0.29) is 40.5 Å². The number of rotatable bonds is 1. The third-order valence-corrected chi connectivity index (χ3v) is 9.18.